The minimum absolute atomic E-state index is 0.0442. The van der Waals surface area contributed by atoms with E-state index in [-0.39, 0.29) is 29.5 Å². The molecule has 32 heavy (non-hydrogen) atoms. The van der Waals surface area contributed by atoms with Crippen LogP contribution >= 0.6 is 11.6 Å². The molecule has 1 N–H and O–H groups in total. The fourth-order valence-corrected chi connectivity index (χ4v) is 4.15. The van der Waals surface area contributed by atoms with Crippen molar-refractivity contribution >= 4 is 29.0 Å². The molecule has 2 aromatic rings. The lowest BCUT2D eigenvalue weighted by Crippen LogP contribution is -2.33. The highest BCUT2D eigenvalue weighted by Gasteiger charge is 2.45. The first kappa shape index (κ1) is 23.8. The van der Waals surface area contributed by atoms with Crippen LogP contribution in [0.4, 0.5) is 5.69 Å². The van der Waals surface area contributed by atoms with Crippen molar-refractivity contribution in [3.05, 3.63) is 73.9 Å². The number of carbonyl (C=O) groups excluding carboxylic acids is 2. The molecule has 1 aromatic carbocycles. The summed E-state index contributed by atoms with van der Waals surface area (Å²) in [5.41, 5.74) is 2.54. The molecule has 8 heteroatoms. The summed E-state index contributed by atoms with van der Waals surface area (Å²) in [5.74, 6) is -2.04. The number of Topliss-reactive ketones (excluding diaryl/α,β-unsaturated/α-hetero) is 1. The van der Waals surface area contributed by atoms with Gasteiger partial charge >= 0.3 is 0 Å². The molecule has 0 aliphatic carbocycles. The molecule has 170 valence electrons. The highest BCUT2D eigenvalue weighted by atomic mass is 35.5. The van der Waals surface area contributed by atoms with Gasteiger partial charge in [0.15, 0.2) is 11.5 Å². The van der Waals surface area contributed by atoms with E-state index in [2.05, 4.69) is 0 Å². The van der Waals surface area contributed by atoms with E-state index in [1.54, 1.807) is 13.8 Å². The number of rotatable bonds is 7. The summed E-state index contributed by atoms with van der Waals surface area (Å²) in [6, 6.07) is 6.24. The predicted octanol–water partition coefficient (Wildman–Crippen LogP) is 3.89. The topological polar surface area (TPSA) is 88.8 Å². The van der Waals surface area contributed by atoms with Crippen LogP contribution in [0.2, 0.25) is 5.02 Å². The number of anilines is 1. The van der Waals surface area contributed by atoms with E-state index in [1.165, 1.54) is 28.8 Å². The molecule has 1 aliphatic heterocycles. The van der Waals surface area contributed by atoms with Crippen LogP contribution in [0.5, 0.6) is 0 Å². The first-order valence-corrected chi connectivity index (χ1v) is 10.7. The second-order valence-electron chi connectivity index (χ2n) is 8.26. The summed E-state index contributed by atoms with van der Waals surface area (Å²) in [4.78, 5) is 40.1. The highest BCUT2D eigenvalue weighted by Crippen LogP contribution is 2.43. The number of pyridine rings is 1. The number of hydrogen-bond acceptors (Lipinski definition) is 5. The fourth-order valence-electron chi connectivity index (χ4n) is 3.93. The second-order valence-corrected chi connectivity index (χ2v) is 8.66. The summed E-state index contributed by atoms with van der Waals surface area (Å²) in [6.07, 6.45) is 1.50. The van der Waals surface area contributed by atoms with Gasteiger partial charge in [-0.2, -0.15) is 0 Å². The number of nitrogens with zero attached hydrogens (tertiary/aromatic N) is 2. The number of amides is 1. The molecule has 3 rings (SSSR count). The summed E-state index contributed by atoms with van der Waals surface area (Å²) < 4.78 is 6.41. The first-order chi connectivity index (χ1) is 15.1. The minimum Gasteiger partial charge on any atom is -0.503 e. The van der Waals surface area contributed by atoms with Crippen molar-refractivity contribution in [2.75, 3.05) is 18.6 Å². The van der Waals surface area contributed by atoms with Crippen LogP contribution in [-0.4, -0.2) is 35.1 Å². The number of carbonyl (C=O) groups is 2. The van der Waals surface area contributed by atoms with Gasteiger partial charge in [0, 0.05) is 25.8 Å². The number of aryl methyl sites for hydroxylation is 2. The van der Waals surface area contributed by atoms with E-state index < -0.39 is 29.2 Å². The Kier molecular flexibility index (Phi) is 6.91. The average Bonchev–Trinajstić information content (AvgIpc) is 2.99. The smallest absolute Gasteiger partial charge is 0.294 e. The van der Waals surface area contributed by atoms with E-state index >= 15 is 0 Å². The Morgan fingerprint density at radius 3 is 2.50 bits per heavy atom. The van der Waals surface area contributed by atoms with Crippen LogP contribution < -0.4 is 10.5 Å². The zero-order chi connectivity index (χ0) is 23.7. The Labute approximate surface area is 191 Å². The van der Waals surface area contributed by atoms with Crippen molar-refractivity contribution in [3.8, 4) is 0 Å². The van der Waals surface area contributed by atoms with Crippen LogP contribution in [0.25, 0.3) is 0 Å². The van der Waals surface area contributed by atoms with Crippen molar-refractivity contribution in [1.82, 2.24) is 4.57 Å². The number of hydrogen-bond donors (Lipinski definition) is 1. The zero-order valence-corrected chi connectivity index (χ0v) is 19.6. The third-order valence-electron chi connectivity index (χ3n) is 5.56. The molecule has 7 nitrogen and oxygen atoms in total. The predicted molar refractivity (Wildman–Crippen MR) is 123 cm³/mol. The number of methoxy groups -OCH3 is 1. The Hall–Kier alpha value is -2.90. The normalized spacial score (nSPS) is 16.4. The van der Waals surface area contributed by atoms with Gasteiger partial charge in [-0.05, 0) is 31.0 Å². The van der Waals surface area contributed by atoms with Crippen LogP contribution in [0.1, 0.15) is 36.6 Å². The van der Waals surface area contributed by atoms with Crippen LogP contribution in [0, 0.1) is 19.8 Å². The number of ether oxygens (including phenoxy) is 1. The third kappa shape index (κ3) is 4.23. The second kappa shape index (κ2) is 9.30. The molecule has 1 aromatic heterocycles. The molecule has 0 fully saturated rings. The summed E-state index contributed by atoms with van der Waals surface area (Å²) in [7, 11) is 1.52. The van der Waals surface area contributed by atoms with Gasteiger partial charge in [0.05, 0.1) is 23.9 Å². The molecular formula is C24H27ClN2O5. The molecule has 0 saturated carbocycles. The van der Waals surface area contributed by atoms with Gasteiger partial charge in [-0.3, -0.25) is 19.3 Å². The van der Waals surface area contributed by atoms with Crippen molar-refractivity contribution in [1.29, 1.82) is 0 Å². The fraction of sp³-hybridized carbons (Fsp3) is 0.375. The SMILES string of the molecule is COCCn1cc(N2C(=O)C(O)=C(C(=O)C(C)C)C2c2ccc(C)cc2C)cc(Cl)c1=O. The zero-order valence-electron chi connectivity index (χ0n) is 18.8. The highest BCUT2D eigenvalue weighted by molar-refractivity contribution is 6.30. The number of aromatic nitrogens is 1. The maximum Gasteiger partial charge on any atom is 0.294 e. The van der Waals surface area contributed by atoms with E-state index in [9.17, 15) is 19.5 Å². The van der Waals surface area contributed by atoms with Crippen LogP contribution in [0.3, 0.4) is 0 Å². The van der Waals surface area contributed by atoms with Gasteiger partial charge in [-0.25, -0.2) is 0 Å². The van der Waals surface area contributed by atoms with Crippen molar-refractivity contribution in [2.24, 2.45) is 5.92 Å². The van der Waals surface area contributed by atoms with Gasteiger partial charge in [0.1, 0.15) is 5.02 Å². The molecular weight excluding hydrogens is 432 g/mol. The first-order valence-electron chi connectivity index (χ1n) is 10.4. The molecule has 1 unspecified atom stereocenters. The lowest BCUT2D eigenvalue weighted by molar-refractivity contribution is -0.119. The maximum atomic E-state index is 13.2. The van der Waals surface area contributed by atoms with Crippen molar-refractivity contribution < 1.29 is 19.4 Å². The Morgan fingerprint density at radius 1 is 1.22 bits per heavy atom. The number of aliphatic hydroxyl groups is 1. The molecule has 1 atom stereocenters. The molecule has 0 radical (unpaired) electrons. The summed E-state index contributed by atoms with van der Waals surface area (Å²) in [5, 5.41) is 10.7. The van der Waals surface area contributed by atoms with Gasteiger partial charge in [0.2, 0.25) is 0 Å². The van der Waals surface area contributed by atoms with E-state index in [4.69, 9.17) is 16.3 Å². The molecule has 1 aliphatic rings. The lowest BCUT2D eigenvalue weighted by atomic mass is 9.88. The van der Waals surface area contributed by atoms with E-state index in [1.807, 2.05) is 32.0 Å². The van der Waals surface area contributed by atoms with Gasteiger partial charge in [-0.1, -0.05) is 49.2 Å². The van der Waals surface area contributed by atoms with Crippen molar-refractivity contribution in [3.63, 3.8) is 0 Å². The number of ketones is 1. The summed E-state index contributed by atoms with van der Waals surface area (Å²) in [6.45, 7) is 7.79. The van der Waals surface area contributed by atoms with Crippen LogP contribution in [0.15, 0.2) is 46.6 Å². The summed E-state index contributed by atoms with van der Waals surface area (Å²) >= 11 is 6.20. The molecule has 0 spiro atoms. The van der Waals surface area contributed by atoms with Crippen molar-refractivity contribution in [2.45, 2.75) is 40.3 Å². The van der Waals surface area contributed by atoms with Crippen LogP contribution in [-0.2, 0) is 20.9 Å². The average molecular weight is 459 g/mol. The monoisotopic (exact) mass is 458 g/mol. The molecule has 1 amide bonds. The Morgan fingerprint density at radius 2 is 1.91 bits per heavy atom. The minimum atomic E-state index is -0.845. The maximum absolute atomic E-state index is 13.2. The van der Waals surface area contributed by atoms with E-state index in [0.717, 1.165) is 11.1 Å². The molecule has 0 bridgehead atoms. The quantitative estimate of drug-likeness (QED) is 0.680. The van der Waals surface area contributed by atoms with E-state index in [0.29, 0.717) is 11.3 Å². The lowest BCUT2D eigenvalue weighted by Gasteiger charge is -2.29. The largest absolute Gasteiger partial charge is 0.503 e. The number of benzene rings is 1. The van der Waals surface area contributed by atoms with Gasteiger partial charge < -0.3 is 14.4 Å². The molecule has 0 saturated heterocycles. The number of halogens is 1. The number of aliphatic hydroxyl groups excluding tert-OH is 1. The third-order valence-corrected chi connectivity index (χ3v) is 5.83. The molecule has 2 heterocycles. The van der Waals surface area contributed by atoms with Gasteiger partial charge in [-0.15, -0.1) is 0 Å². The Bertz CT molecular complexity index is 1170. The Balaban J connectivity index is 2.25. The standard InChI is InChI=1S/C24H27ClN2O5/c1-13(2)21(28)19-20(17-7-6-14(3)10-15(17)4)27(24(31)22(19)29)16-11-18(25)23(30)26(12-16)8-9-32-5/h6-7,10-13,20,29H,8-9H2,1-5H3. The van der Waals surface area contributed by atoms with Gasteiger partial charge in [0.25, 0.3) is 11.5 Å².